The summed E-state index contributed by atoms with van der Waals surface area (Å²) in [5, 5.41) is 0. The van der Waals surface area contributed by atoms with Crippen molar-refractivity contribution in [2.45, 2.75) is 6.10 Å². The van der Waals surface area contributed by atoms with E-state index in [-0.39, 0.29) is 12.1 Å². The standard InChI is InChI=1S/C12H15NO2S2/c1-13(2)10-5-3-9(4-6-10)12(14)15-11-7-16-17-8-11/h3-6,11H,7-8H2,1-2H3. The van der Waals surface area contributed by atoms with E-state index in [1.54, 1.807) is 21.6 Å². The van der Waals surface area contributed by atoms with E-state index in [0.29, 0.717) is 5.56 Å². The van der Waals surface area contributed by atoms with Gasteiger partial charge in [0.1, 0.15) is 6.10 Å². The molecule has 0 aliphatic carbocycles. The predicted molar refractivity (Wildman–Crippen MR) is 74.9 cm³/mol. The molecule has 0 N–H and O–H groups in total. The normalized spacial score (nSPS) is 15.9. The number of hydrogen-bond donors (Lipinski definition) is 0. The van der Waals surface area contributed by atoms with Crippen molar-refractivity contribution in [3.05, 3.63) is 29.8 Å². The Morgan fingerprint density at radius 2 is 1.82 bits per heavy atom. The minimum absolute atomic E-state index is 0.0611. The largest absolute Gasteiger partial charge is 0.457 e. The van der Waals surface area contributed by atoms with Crippen molar-refractivity contribution in [3.8, 4) is 0 Å². The average molecular weight is 269 g/mol. The Balaban J connectivity index is 1.98. The maximum atomic E-state index is 11.8. The van der Waals surface area contributed by atoms with Crippen molar-refractivity contribution in [1.82, 2.24) is 0 Å². The van der Waals surface area contributed by atoms with Gasteiger partial charge in [-0.05, 0) is 24.3 Å². The number of ether oxygens (including phenoxy) is 1. The van der Waals surface area contributed by atoms with Gasteiger partial charge in [-0.25, -0.2) is 4.79 Å². The van der Waals surface area contributed by atoms with Gasteiger partial charge in [0.25, 0.3) is 0 Å². The predicted octanol–water partition coefficient (Wildman–Crippen LogP) is 2.67. The summed E-state index contributed by atoms with van der Waals surface area (Å²) in [6, 6.07) is 7.48. The first-order valence-corrected chi connectivity index (χ1v) is 7.88. The molecule has 1 saturated heterocycles. The minimum atomic E-state index is -0.219. The Bertz CT molecular complexity index is 386. The van der Waals surface area contributed by atoms with E-state index < -0.39 is 0 Å². The maximum absolute atomic E-state index is 11.8. The van der Waals surface area contributed by atoms with E-state index >= 15 is 0 Å². The summed E-state index contributed by atoms with van der Waals surface area (Å²) >= 11 is 0. The molecule has 1 aromatic carbocycles. The molecule has 0 aromatic heterocycles. The summed E-state index contributed by atoms with van der Waals surface area (Å²) in [6.45, 7) is 0. The summed E-state index contributed by atoms with van der Waals surface area (Å²) in [5.41, 5.74) is 1.70. The molecule has 0 saturated carbocycles. The lowest BCUT2D eigenvalue weighted by Gasteiger charge is -2.13. The zero-order valence-electron chi connectivity index (χ0n) is 9.88. The van der Waals surface area contributed by atoms with Crippen molar-refractivity contribution < 1.29 is 9.53 Å². The lowest BCUT2D eigenvalue weighted by atomic mass is 10.2. The first kappa shape index (κ1) is 12.6. The quantitative estimate of drug-likeness (QED) is 0.622. The third-order valence-corrected chi connectivity index (χ3v) is 4.98. The second-order valence-electron chi connectivity index (χ2n) is 4.04. The van der Waals surface area contributed by atoms with Gasteiger partial charge in [0.2, 0.25) is 0 Å². The fraction of sp³-hybridized carbons (Fsp3) is 0.417. The van der Waals surface area contributed by atoms with Gasteiger partial charge < -0.3 is 9.64 Å². The van der Waals surface area contributed by atoms with Crippen LogP contribution in [0.3, 0.4) is 0 Å². The van der Waals surface area contributed by atoms with Crippen LogP contribution in [0.5, 0.6) is 0 Å². The zero-order chi connectivity index (χ0) is 12.3. The van der Waals surface area contributed by atoms with Crippen LogP contribution in [-0.4, -0.2) is 37.7 Å². The number of anilines is 1. The van der Waals surface area contributed by atoms with E-state index in [9.17, 15) is 4.79 Å². The van der Waals surface area contributed by atoms with Crippen molar-refractivity contribution in [2.24, 2.45) is 0 Å². The molecule has 0 spiro atoms. The Hall–Kier alpha value is -0.810. The topological polar surface area (TPSA) is 29.5 Å². The third-order valence-electron chi connectivity index (χ3n) is 2.48. The van der Waals surface area contributed by atoms with Gasteiger partial charge in [0, 0.05) is 31.3 Å². The molecule has 0 bridgehead atoms. The first-order valence-electron chi connectivity index (χ1n) is 5.39. The highest BCUT2D eigenvalue weighted by molar-refractivity contribution is 8.77. The van der Waals surface area contributed by atoms with Crippen molar-refractivity contribution >= 4 is 33.2 Å². The molecule has 0 unspecified atom stereocenters. The monoisotopic (exact) mass is 269 g/mol. The second kappa shape index (κ2) is 5.69. The molecule has 0 radical (unpaired) electrons. The molecule has 17 heavy (non-hydrogen) atoms. The second-order valence-corrected chi connectivity index (χ2v) is 6.59. The summed E-state index contributed by atoms with van der Waals surface area (Å²) in [5.74, 6) is 1.57. The summed E-state index contributed by atoms with van der Waals surface area (Å²) < 4.78 is 5.40. The number of rotatable bonds is 3. The molecule has 5 heteroatoms. The van der Waals surface area contributed by atoms with E-state index in [4.69, 9.17) is 4.74 Å². The van der Waals surface area contributed by atoms with Crippen LogP contribution in [0, 0.1) is 0 Å². The molecule has 92 valence electrons. The molecule has 0 atom stereocenters. The molecular formula is C12H15NO2S2. The van der Waals surface area contributed by atoms with Crippen LogP contribution < -0.4 is 4.90 Å². The van der Waals surface area contributed by atoms with Crippen LogP contribution in [0.2, 0.25) is 0 Å². The number of carbonyl (C=O) groups excluding carboxylic acids is 1. The van der Waals surface area contributed by atoms with Gasteiger partial charge in [0.05, 0.1) is 5.56 Å². The van der Waals surface area contributed by atoms with Crippen molar-refractivity contribution in [3.63, 3.8) is 0 Å². The van der Waals surface area contributed by atoms with Crippen LogP contribution in [0.25, 0.3) is 0 Å². The molecule has 1 aliphatic rings. The van der Waals surface area contributed by atoms with E-state index in [1.165, 1.54) is 0 Å². The fourth-order valence-electron chi connectivity index (χ4n) is 1.48. The van der Waals surface area contributed by atoms with E-state index in [1.807, 2.05) is 43.3 Å². The maximum Gasteiger partial charge on any atom is 0.338 e. The van der Waals surface area contributed by atoms with Gasteiger partial charge in [-0.3, -0.25) is 0 Å². The fourth-order valence-corrected chi connectivity index (χ4v) is 3.98. The summed E-state index contributed by atoms with van der Waals surface area (Å²) in [4.78, 5) is 13.8. The lowest BCUT2D eigenvalue weighted by Crippen LogP contribution is -2.19. The number of esters is 1. The Morgan fingerprint density at radius 3 is 2.35 bits per heavy atom. The smallest absolute Gasteiger partial charge is 0.338 e. The van der Waals surface area contributed by atoms with Crippen molar-refractivity contribution in [1.29, 1.82) is 0 Å². The number of hydrogen-bond acceptors (Lipinski definition) is 5. The van der Waals surface area contributed by atoms with Gasteiger partial charge in [-0.2, -0.15) is 0 Å². The van der Waals surface area contributed by atoms with Gasteiger partial charge >= 0.3 is 5.97 Å². The number of carbonyl (C=O) groups is 1. The SMILES string of the molecule is CN(C)c1ccc(C(=O)OC2CSSC2)cc1. The Morgan fingerprint density at radius 1 is 1.24 bits per heavy atom. The van der Waals surface area contributed by atoms with Crippen LogP contribution in [0.4, 0.5) is 5.69 Å². The van der Waals surface area contributed by atoms with Crippen LogP contribution in [0.1, 0.15) is 10.4 Å². The zero-order valence-corrected chi connectivity index (χ0v) is 11.5. The van der Waals surface area contributed by atoms with E-state index in [0.717, 1.165) is 17.2 Å². The Labute approximate surface area is 109 Å². The number of benzene rings is 1. The van der Waals surface area contributed by atoms with Crippen LogP contribution >= 0.6 is 21.6 Å². The average Bonchev–Trinajstić information content (AvgIpc) is 2.82. The third kappa shape index (κ3) is 3.33. The Kier molecular flexibility index (Phi) is 4.23. The van der Waals surface area contributed by atoms with Crippen LogP contribution in [-0.2, 0) is 4.74 Å². The van der Waals surface area contributed by atoms with E-state index in [2.05, 4.69) is 0 Å². The molecule has 2 rings (SSSR count). The van der Waals surface area contributed by atoms with Gasteiger partial charge in [-0.1, -0.05) is 21.6 Å². The number of nitrogens with zero attached hydrogens (tertiary/aromatic N) is 1. The molecule has 0 amide bonds. The first-order chi connectivity index (χ1) is 8.16. The van der Waals surface area contributed by atoms with Gasteiger partial charge in [0.15, 0.2) is 0 Å². The summed E-state index contributed by atoms with van der Waals surface area (Å²) in [7, 11) is 7.46. The molecule has 1 fully saturated rings. The van der Waals surface area contributed by atoms with Crippen molar-refractivity contribution in [2.75, 3.05) is 30.5 Å². The molecule has 3 nitrogen and oxygen atoms in total. The molecular weight excluding hydrogens is 254 g/mol. The highest BCUT2D eigenvalue weighted by Gasteiger charge is 2.21. The van der Waals surface area contributed by atoms with Crippen LogP contribution in [0.15, 0.2) is 24.3 Å². The molecule has 1 aliphatic heterocycles. The minimum Gasteiger partial charge on any atom is -0.457 e. The lowest BCUT2D eigenvalue weighted by molar-refractivity contribution is 0.0397. The summed E-state index contributed by atoms with van der Waals surface area (Å²) in [6.07, 6.45) is 0.0611. The van der Waals surface area contributed by atoms with Gasteiger partial charge in [-0.15, -0.1) is 0 Å². The highest BCUT2D eigenvalue weighted by atomic mass is 33.1. The molecule has 1 heterocycles. The highest BCUT2D eigenvalue weighted by Crippen LogP contribution is 2.32. The molecule has 1 aromatic rings.